The summed E-state index contributed by atoms with van der Waals surface area (Å²) in [6.07, 6.45) is -1.30. The lowest BCUT2D eigenvalue weighted by molar-refractivity contribution is -0.290. The Morgan fingerprint density at radius 3 is 2.31 bits per heavy atom. The Bertz CT molecular complexity index is 299. The topological polar surface area (TPSA) is 49.4 Å². The summed E-state index contributed by atoms with van der Waals surface area (Å²) in [5.41, 5.74) is 0.519. The molecule has 4 nitrogen and oxygen atoms in total. The van der Waals surface area contributed by atoms with Crippen molar-refractivity contribution in [2.45, 2.75) is 0 Å². The van der Waals surface area contributed by atoms with Gasteiger partial charge in [0.2, 0.25) is 0 Å². The van der Waals surface area contributed by atoms with Crippen LogP contribution in [0.2, 0.25) is 0 Å². The van der Waals surface area contributed by atoms with Crippen molar-refractivity contribution in [1.29, 1.82) is 0 Å². The number of amides is 1. The van der Waals surface area contributed by atoms with E-state index in [9.17, 15) is 9.90 Å². The number of nitrogens with zero attached hydrogens (tertiary/aromatic N) is 1. The molecule has 4 heteroatoms. The van der Waals surface area contributed by atoms with Crippen LogP contribution in [0.1, 0.15) is 0 Å². The molecule has 1 rings (SSSR count). The highest BCUT2D eigenvalue weighted by molar-refractivity contribution is 5.76. The first-order chi connectivity index (χ1) is 6.11. The molecule has 0 aliphatic carbocycles. The Hall–Kier alpha value is -1.39. The van der Waals surface area contributed by atoms with Crippen LogP contribution >= 0.6 is 0 Å². The molecule has 70 valence electrons. The van der Waals surface area contributed by atoms with Gasteiger partial charge in [-0.3, -0.25) is 0 Å². The van der Waals surface area contributed by atoms with Gasteiger partial charge in [-0.1, -0.05) is 18.2 Å². The monoisotopic (exact) mass is 181 g/mol. The van der Waals surface area contributed by atoms with Gasteiger partial charge in [0.15, 0.2) is 5.69 Å². The van der Waals surface area contributed by atoms with E-state index in [4.69, 9.17) is 4.84 Å². The van der Waals surface area contributed by atoms with Gasteiger partial charge < -0.3 is 9.90 Å². The van der Waals surface area contributed by atoms with Gasteiger partial charge in [-0.2, -0.15) is 4.84 Å². The van der Waals surface area contributed by atoms with E-state index in [2.05, 4.69) is 0 Å². The maximum absolute atomic E-state index is 10.8. The number of hydrogen-bond donors (Lipinski definition) is 0. The fourth-order valence-corrected chi connectivity index (χ4v) is 0.998. The number of quaternary nitrogens is 1. The number of carboxylic acid groups (broad SMARTS) is 1. The van der Waals surface area contributed by atoms with Crippen LogP contribution in [0.25, 0.3) is 0 Å². The van der Waals surface area contributed by atoms with Gasteiger partial charge in [0.1, 0.15) is 7.05 Å². The minimum absolute atomic E-state index is 0.519. The van der Waals surface area contributed by atoms with E-state index in [1.54, 1.807) is 30.3 Å². The van der Waals surface area contributed by atoms with E-state index < -0.39 is 10.7 Å². The van der Waals surface area contributed by atoms with E-state index >= 15 is 0 Å². The Balaban J connectivity index is 3.11. The molecule has 0 aliphatic heterocycles. The summed E-state index contributed by atoms with van der Waals surface area (Å²) in [6.45, 7) is 0. The van der Waals surface area contributed by atoms with Crippen molar-refractivity contribution < 1.29 is 14.7 Å². The van der Waals surface area contributed by atoms with Gasteiger partial charge in [0.05, 0.1) is 7.11 Å². The molecule has 0 aliphatic rings. The number of benzene rings is 1. The summed E-state index contributed by atoms with van der Waals surface area (Å²) in [4.78, 5) is 15.6. The summed E-state index contributed by atoms with van der Waals surface area (Å²) in [5, 5.41) is 10.8. The van der Waals surface area contributed by atoms with E-state index in [-0.39, 0.29) is 0 Å². The highest BCUT2D eigenvalue weighted by atomic mass is 16.7. The Morgan fingerprint density at radius 1 is 1.38 bits per heavy atom. The largest absolute Gasteiger partial charge is 0.496 e. The predicted octanol–water partition coefficient (Wildman–Crippen LogP) is 0.528. The van der Waals surface area contributed by atoms with Crippen molar-refractivity contribution in [3.05, 3.63) is 30.3 Å². The standard InChI is InChI=1S/C9H11NO3/c1-10(13-2,9(11)12)8-6-4-3-5-7-8/h3-7H,1-2H3. The minimum Gasteiger partial charge on any atom is -0.496 e. The molecule has 0 heterocycles. The zero-order valence-electron chi connectivity index (χ0n) is 7.56. The van der Waals surface area contributed by atoms with Crippen molar-refractivity contribution >= 4 is 11.8 Å². The predicted molar refractivity (Wildman–Crippen MR) is 46.6 cm³/mol. The van der Waals surface area contributed by atoms with Crippen LogP contribution in [0, 0.1) is 0 Å². The molecular formula is C9H11NO3. The summed E-state index contributed by atoms with van der Waals surface area (Å²) in [7, 11) is 2.73. The number of carbonyl (C=O) groups is 1. The van der Waals surface area contributed by atoms with Gasteiger partial charge in [-0.25, -0.2) is 0 Å². The van der Waals surface area contributed by atoms with Crippen molar-refractivity contribution in [2.24, 2.45) is 0 Å². The van der Waals surface area contributed by atoms with Gasteiger partial charge in [-0.05, 0) is 0 Å². The molecular weight excluding hydrogens is 170 g/mol. The third-order valence-electron chi connectivity index (χ3n) is 1.96. The SMILES string of the molecule is CO[N+](C)(C(=O)[O-])c1ccccc1. The van der Waals surface area contributed by atoms with Crippen LogP contribution in [-0.4, -0.2) is 20.3 Å². The molecule has 0 bridgehead atoms. The quantitative estimate of drug-likeness (QED) is 0.494. The first-order valence-corrected chi connectivity index (χ1v) is 3.80. The molecule has 0 fully saturated rings. The molecule has 0 saturated heterocycles. The smallest absolute Gasteiger partial charge is 0.297 e. The molecule has 0 radical (unpaired) electrons. The molecule has 0 aromatic heterocycles. The second kappa shape index (κ2) is 3.55. The number of hydroxylamine groups is 2. The third-order valence-corrected chi connectivity index (χ3v) is 1.96. The molecule has 1 aromatic rings. The van der Waals surface area contributed by atoms with Crippen LogP contribution in [0.3, 0.4) is 0 Å². The van der Waals surface area contributed by atoms with Crippen molar-refractivity contribution in [3.63, 3.8) is 0 Å². The van der Waals surface area contributed by atoms with Crippen LogP contribution in [0.5, 0.6) is 0 Å². The Kier molecular flexibility index (Phi) is 2.65. The van der Waals surface area contributed by atoms with Crippen LogP contribution < -0.4 is 9.75 Å². The molecule has 0 saturated carbocycles. The van der Waals surface area contributed by atoms with Crippen molar-refractivity contribution in [3.8, 4) is 0 Å². The number of carbonyl (C=O) groups excluding carboxylic acids is 1. The maximum Gasteiger partial charge on any atom is 0.297 e. The molecule has 13 heavy (non-hydrogen) atoms. The molecule has 1 amide bonds. The summed E-state index contributed by atoms with van der Waals surface area (Å²) in [6, 6.07) is 8.62. The van der Waals surface area contributed by atoms with E-state index in [0.29, 0.717) is 5.69 Å². The molecule has 1 aromatic carbocycles. The van der Waals surface area contributed by atoms with Gasteiger partial charge in [0.25, 0.3) is 6.09 Å². The lowest BCUT2D eigenvalue weighted by atomic mass is 10.3. The zero-order chi connectivity index (χ0) is 9.90. The molecule has 0 spiro atoms. The molecule has 0 N–H and O–H groups in total. The zero-order valence-corrected chi connectivity index (χ0v) is 7.56. The minimum atomic E-state index is -1.30. The van der Waals surface area contributed by atoms with E-state index in [1.165, 1.54) is 14.2 Å². The highest BCUT2D eigenvalue weighted by Gasteiger charge is 2.28. The average molecular weight is 181 g/mol. The second-order valence-electron chi connectivity index (χ2n) is 2.71. The lowest BCUT2D eigenvalue weighted by Crippen LogP contribution is -2.56. The van der Waals surface area contributed by atoms with Crippen molar-refractivity contribution in [1.82, 2.24) is 4.65 Å². The van der Waals surface area contributed by atoms with Crippen LogP contribution in [0.4, 0.5) is 10.5 Å². The molecule has 1 atom stereocenters. The lowest BCUT2D eigenvalue weighted by Gasteiger charge is -2.28. The first-order valence-electron chi connectivity index (χ1n) is 3.80. The van der Waals surface area contributed by atoms with Crippen LogP contribution in [0.15, 0.2) is 30.3 Å². The van der Waals surface area contributed by atoms with E-state index in [1.807, 2.05) is 0 Å². The maximum atomic E-state index is 10.8. The first kappa shape index (κ1) is 9.70. The summed E-state index contributed by atoms with van der Waals surface area (Å²) < 4.78 is -0.680. The van der Waals surface area contributed by atoms with Gasteiger partial charge >= 0.3 is 0 Å². The van der Waals surface area contributed by atoms with Gasteiger partial charge in [-0.15, -0.1) is 4.65 Å². The van der Waals surface area contributed by atoms with Gasteiger partial charge in [0, 0.05) is 12.1 Å². The van der Waals surface area contributed by atoms with Crippen molar-refractivity contribution in [2.75, 3.05) is 14.2 Å². The van der Waals surface area contributed by atoms with E-state index in [0.717, 1.165) is 0 Å². The average Bonchev–Trinajstić information content (AvgIpc) is 2.17. The Morgan fingerprint density at radius 2 is 1.92 bits per heavy atom. The second-order valence-corrected chi connectivity index (χ2v) is 2.71. The highest BCUT2D eigenvalue weighted by Crippen LogP contribution is 2.19. The number of hydrogen-bond acceptors (Lipinski definition) is 3. The number of para-hydroxylation sites is 1. The Labute approximate surface area is 76.5 Å². The normalized spacial score (nSPS) is 14.9. The third kappa shape index (κ3) is 1.68. The fraction of sp³-hybridized carbons (Fsp3) is 0.222. The fourth-order valence-electron chi connectivity index (χ4n) is 0.998. The number of rotatable bonds is 2. The van der Waals surface area contributed by atoms with Crippen LogP contribution in [-0.2, 0) is 4.84 Å². The molecule has 1 unspecified atom stereocenters. The summed E-state index contributed by atoms with van der Waals surface area (Å²) >= 11 is 0. The summed E-state index contributed by atoms with van der Waals surface area (Å²) in [5.74, 6) is 0.